The fourth-order valence-electron chi connectivity index (χ4n) is 4.11. The molecule has 0 bridgehead atoms. The van der Waals surface area contributed by atoms with Crippen molar-refractivity contribution in [1.29, 1.82) is 0 Å². The van der Waals surface area contributed by atoms with Gasteiger partial charge in [0.05, 0.1) is 29.7 Å². The number of ether oxygens (including phenoxy) is 2. The van der Waals surface area contributed by atoms with E-state index in [0.29, 0.717) is 23.6 Å². The van der Waals surface area contributed by atoms with E-state index in [-0.39, 0.29) is 11.0 Å². The number of aryl methyl sites for hydroxylation is 3. The number of nitrogens with zero attached hydrogens (tertiary/aromatic N) is 4. The summed E-state index contributed by atoms with van der Waals surface area (Å²) in [6.45, 7) is 14.2. The van der Waals surface area contributed by atoms with Crippen molar-refractivity contribution in [3.8, 4) is 28.6 Å². The number of benzene rings is 1. The number of hydrogen-bond donors (Lipinski definition) is 0. The van der Waals surface area contributed by atoms with Gasteiger partial charge in [-0.1, -0.05) is 32.9 Å². The smallest absolute Gasteiger partial charge is 0.261 e. The van der Waals surface area contributed by atoms with Gasteiger partial charge in [0.15, 0.2) is 0 Å². The minimum atomic E-state index is -0.193. The second kappa shape index (κ2) is 10.2. The predicted octanol–water partition coefficient (Wildman–Crippen LogP) is 5.81. The van der Waals surface area contributed by atoms with Crippen LogP contribution in [0.5, 0.6) is 11.5 Å². The largest absolute Gasteiger partial charge is 0.497 e. The Bertz CT molecular complexity index is 1520. The summed E-state index contributed by atoms with van der Waals surface area (Å²) in [5.41, 5.74) is 6.01. The molecular formula is C30H34N4O3. The molecule has 7 nitrogen and oxygen atoms in total. The molecule has 37 heavy (non-hydrogen) atoms. The lowest BCUT2D eigenvalue weighted by Gasteiger charge is -2.19. The first-order chi connectivity index (χ1) is 17.5. The topological polar surface area (TPSA) is 79.1 Å². The summed E-state index contributed by atoms with van der Waals surface area (Å²) >= 11 is 0. The molecule has 7 heteroatoms. The monoisotopic (exact) mass is 498 g/mol. The molecule has 0 N–H and O–H groups in total. The van der Waals surface area contributed by atoms with Gasteiger partial charge in [-0.3, -0.25) is 14.3 Å². The third-order valence-corrected chi connectivity index (χ3v) is 6.32. The lowest BCUT2D eigenvalue weighted by molar-refractivity contribution is 0.301. The zero-order valence-electron chi connectivity index (χ0n) is 22.8. The zero-order valence-corrected chi connectivity index (χ0v) is 22.8. The quantitative estimate of drug-likeness (QED) is 0.334. The van der Waals surface area contributed by atoms with E-state index in [2.05, 4.69) is 30.7 Å². The summed E-state index contributed by atoms with van der Waals surface area (Å²) in [6, 6.07) is 11.5. The van der Waals surface area contributed by atoms with E-state index in [1.54, 1.807) is 24.8 Å². The molecule has 0 aliphatic carbocycles. The maximum absolute atomic E-state index is 13.6. The molecule has 0 atom stereocenters. The van der Waals surface area contributed by atoms with Gasteiger partial charge in [0.1, 0.15) is 23.9 Å². The first-order valence-electron chi connectivity index (χ1n) is 12.3. The van der Waals surface area contributed by atoms with Gasteiger partial charge in [0.25, 0.3) is 5.56 Å². The van der Waals surface area contributed by atoms with Crippen LogP contribution in [-0.4, -0.2) is 26.6 Å². The minimum Gasteiger partial charge on any atom is -0.497 e. The summed E-state index contributed by atoms with van der Waals surface area (Å²) < 4.78 is 13.1. The van der Waals surface area contributed by atoms with Crippen molar-refractivity contribution in [2.45, 2.75) is 60.5 Å². The standard InChI is InChI=1S/C30H34N4O3/c1-18-15-31-24(27-19(2)16-32-29(33-27)30(5,6)7)14-25(18)34-20(3)12-26(21(4)28(34)35)37-17-22-10-9-11-23(13-22)36-8/h9-16H,17H2,1-8H3. The molecule has 0 saturated heterocycles. The van der Waals surface area contributed by atoms with Gasteiger partial charge < -0.3 is 9.47 Å². The highest BCUT2D eigenvalue weighted by Crippen LogP contribution is 2.28. The van der Waals surface area contributed by atoms with Crippen LogP contribution in [0.2, 0.25) is 0 Å². The zero-order chi connectivity index (χ0) is 26.9. The summed E-state index contributed by atoms with van der Waals surface area (Å²) in [5.74, 6) is 2.08. The molecule has 3 heterocycles. The third kappa shape index (κ3) is 5.40. The molecular weight excluding hydrogens is 464 g/mol. The normalized spacial score (nSPS) is 11.5. The molecule has 0 aliphatic rings. The van der Waals surface area contributed by atoms with E-state index in [4.69, 9.17) is 14.5 Å². The molecule has 1 aromatic carbocycles. The van der Waals surface area contributed by atoms with Gasteiger partial charge in [-0.2, -0.15) is 0 Å². The molecule has 0 amide bonds. The van der Waals surface area contributed by atoms with E-state index >= 15 is 0 Å². The summed E-state index contributed by atoms with van der Waals surface area (Å²) in [6.07, 6.45) is 3.62. The van der Waals surface area contributed by atoms with Crippen LogP contribution >= 0.6 is 0 Å². The van der Waals surface area contributed by atoms with Crippen LogP contribution in [0, 0.1) is 27.7 Å². The summed E-state index contributed by atoms with van der Waals surface area (Å²) in [4.78, 5) is 27.6. The molecule has 0 saturated carbocycles. The summed E-state index contributed by atoms with van der Waals surface area (Å²) in [7, 11) is 1.63. The van der Waals surface area contributed by atoms with Crippen molar-refractivity contribution in [3.05, 3.63) is 92.9 Å². The first kappa shape index (κ1) is 26.1. The Morgan fingerprint density at radius 3 is 2.38 bits per heavy atom. The number of methoxy groups -OCH3 is 1. The van der Waals surface area contributed by atoms with Gasteiger partial charge >= 0.3 is 0 Å². The second-order valence-corrected chi connectivity index (χ2v) is 10.4. The highest BCUT2D eigenvalue weighted by atomic mass is 16.5. The molecule has 0 fully saturated rings. The molecule has 4 aromatic rings. The Labute approximate surface area is 218 Å². The van der Waals surface area contributed by atoms with Gasteiger partial charge in [-0.05, 0) is 62.6 Å². The fourth-order valence-corrected chi connectivity index (χ4v) is 4.11. The Hall–Kier alpha value is -4.00. The van der Waals surface area contributed by atoms with Gasteiger partial charge in [-0.25, -0.2) is 9.97 Å². The molecule has 4 rings (SSSR count). The first-order valence-corrected chi connectivity index (χ1v) is 12.3. The predicted molar refractivity (Wildman–Crippen MR) is 146 cm³/mol. The average molecular weight is 499 g/mol. The van der Waals surface area contributed by atoms with E-state index in [1.807, 2.05) is 63.4 Å². The van der Waals surface area contributed by atoms with Crippen LogP contribution < -0.4 is 15.0 Å². The molecule has 0 unspecified atom stereocenters. The number of rotatable bonds is 6. The molecule has 192 valence electrons. The van der Waals surface area contributed by atoms with E-state index < -0.39 is 0 Å². The average Bonchev–Trinajstić information content (AvgIpc) is 2.86. The maximum atomic E-state index is 13.6. The SMILES string of the molecule is COc1cccc(COc2cc(C)n(-c3cc(-c4nc(C(C)(C)C)ncc4C)ncc3C)c(=O)c2C)c1. The van der Waals surface area contributed by atoms with Crippen LogP contribution in [0.4, 0.5) is 0 Å². The molecule has 0 spiro atoms. The Kier molecular flexibility index (Phi) is 7.16. The molecule has 0 radical (unpaired) electrons. The van der Waals surface area contributed by atoms with Crippen molar-refractivity contribution < 1.29 is 9.47 Å². The highest BCUT2D eigenvalue weighted by Gasteiger charge is 2.21. The van der Waals surface area contributed by atoms with Crippen LogP contribution in [0.3, 0.4) is 0 Å². The van der Waals surface area contributed by atoms with Crippen molar-refractivity contribution >= 4 is 0 Å². The van der Waals surface area contributed by atoms with Gasteiger partial charge in [0.2, 0.25) is 0 Å². The fraction of sp³-hybridized carbons (Fsp3) is 0.333. The van der Waals surface area contributed by atoms with Crippen molar-refractivity contribution in [2.24, 2.45) is 0 Å². The number of aromatic nitrogens is 4. The number of pyridine rings is 2. The van der Waals surface area contributed by atoms with Crippen molar-refractivity contribution in [2.75, 3.05) is 7.11 Å². The highest BCUT2D eigenvalue weighted by molar-refractivity contribution is 5.62. The van der Waals surface area contributed by atoms with Crippen molar-refractivity contribution in [3.63, 3.8) is 0 Å². The van der Waals surface area contributed by atoms with E-state index in [1.165, 1.54) is 0 Å². The lowest BCUT2D eigenvalue weighted by Crippen LogP contribution is -2.24. The number of hydrogen-bond acceptors (Lipinski definition) is 6. The van der Waals surface area contributed by atoms with Crippen molar-refractivity contribution in [1.82, 2.24) is 19.5 Å². The molecule has 3 aromatic heterocycles. The Balaban J connectivity index is 1.73. The van der Waals surface area contributed by atoms with Crippen LogP contribution in [0.25, 0.3) is 17.1 Å². The van der Waals surface area contributed by atoms with Crippen LogP contribution in [-0.2, 0) is 12.0 Å². The lowest BCUT2D eigenvalue weighted by atomic mass is 9.95. The van der Waals surface area contributed by atoms with E-state index in [0.717, 1.165) is 45.3 Å². The summed E-state index contributed by atoms with van der Waals surface area (Å²) in [5, 5.41) is 0. The molecule has 0 aliphatic heterocycles. The third-order valence-electron chi connectivity index (χ3n) is 6.32. The van der Waals surface area contributed by atoms with Gasteiger partial charge in [-0.15, -0.1) is 0 Å². The van der Waals surface area contributed by atoms with Crippen LogP contribution in [0.1, 0.15) is 54.5 Å². The second-order valence-electron chi connectivity index (χ2n) is 10.4. The Morgan fingerprint density at radius 2 is 1.68 bits per heavy atom. The maximum Gasteiger partial charge on any atom is 0.261 e. The van der Waals surface area contributed by atoms with E-state index in [9.17, 15) is 4.79 Å². The minimum absolute atomic E-state index is 0.129. The Morgan fingerprint density at radius 1 is 0.946 bits per heavy atom. The van der Waals surface area contributed by atoms with Crippen LogP contribution in [0.15, 0.2) is 53.6 Å². The van der Waals surface area contributed by atoms with Gasteiger partial charge in [0, 0.05) is 29.6 Å².